The molecule has 0 spiro atoms. The van der Waals surface area contributed by atoms with Crippen LogP contribution in [-0.4, -0.2) is 7.11 Å². The molecular weight excluding hydrogens is 266 g/mol. The Morgan fingerprint density at radius 2 is 2.06 bits per heavy atom. The maximum Gasteiger partial charge on any atom is 0.151 e. The maximum atomic E-state index is 9.10. The lowest BCUT2D eigenvalue weighted by Gasteiger charge is -2.13. The van der Waals surface area contributed by atoms with Crippen molar-refractivity contribution in [1.82, 2.24) is 0 Å². The van der Waals surface area contributed by atoms with Gasteiger partial charge in [-0.25, -0.2) is 0 Å². The number of benzene rings is 1. The van der Waals surface area contributed by atoms with Crippen molar-refractivity contribution in [1.29, 1.82) is 5.26 Å². The Balaban J connectivity index is 2.60. The molecule has 0 atom stereocenters. The minimum Gasteiger partial charge on any atom is -0.494 e. The molecule has 2 nitrogen and oxygen atoms in total. The molecule has 0 bridgehead atoms. The summed E-state index contributed by atoms with van der Waals surface area (Å²) >= 11 is 3.58. The van der Waals surface area contributed by atoms with Crippen LogP contribution in [0.5, 0.6) is 5.75 Å². The Labute approximate surface area is 104 Å². The molecule has 0 fully saturated rings. The molecule has 1 aliphatic carbocycles. The largest absolute Gasteiger partial charge is 0.494 e. The standard InChI is InChI=1S/C13H14BrNO/c1-16-13-10(8-15)7-9-5-3-2-4-6-11(9)12(13)14/h7H,2-6H2,1H3. The van der Waals surface area contributed by atoms with Crippen molar-refractivity contribution in [2.45, 2.75) is 32.1 Å². The zero-order valence-corrected chi connectivity index (χ0v) is 10.9. The summed E-state index contributed by atoms with van der Waals surface area (Å²) in [5, 5.41) is 9.10. The highest BCUT2D eigenvalue weighted by molar-refractivity contribution is 9.10. The van der Waals surface area contributed by atoms with Crippen LogP contribution in [0, 0.1) is 11.3 Å². The summed E-state index contributed by atoms with van der Waals surface area (Å²) in [6, 6.07) is 4.19. The normalized spacial score (nSPS) is 14.8. The van der Waals surface area contributed by atoms with E-state index < -0.39 is 0 Å². The molecule has 3 heteroatoms. The molecule has 2 rings (SSSR count). The second-order valence-electron chi connectivity index (χ2n) is 4.08. The Bertz CT molecular complexity index is 448. The van der Waals surface area contributed by atoms with Gasteiger partial charge in [-0.15, -0.1) is 0 Å². The number of fused-ring (bicyclic) bond motifs is 1. The van der Waals surface area contributed by atoms with Crippen molar-refractivity contribution in [2.75, 3.05) is 7.11 Å². The molecule has 1 aromatic rings. The summed E-state index contributed by atoms with van der Waals surface area (Å²) in [6.45, 7) is 0. The average Bonchev–Trinajstić information content (AvgIpc) is 2.54. The number of hydrogen-bond acceptors (Lipinski definition) is 2. The van der Waals surface area contributed by atoms with Crippen LogP contribution < -0.4 is 4.74 Å². The molecule has 0 saturated heterocycles. The van der Waals surface area contributed by atoms with E-state index in [2.05, 4.69) is 22.0 Å². The van der Waals surface area contributed by atoms with Gasteiger partial charge in [-0.2, -0.15) is 5.26 Å². The summed E-state index contributed by atoms with van der Waals surface area (Å²) in [4.78, 5) is 0. The quantitative estimate of drug-likeness (QED) is 0.736. The van der Waals surface area contributed by atoms with Gasteiger partial charge in [0, 0.05) is 0 Å². The minimum atomic E-state index is 0.634. The molecule has 0 saturated carbocycles. The van der Waals surface area contributed by atoms with Crippen LogP contribution in [0.2, 0.25) is 0 Å². The van der Waals surface area contributed by atoms with Gasteiger partial charge in [0.15, 0.2) is 5.75 Å². The molecule has 16 heavy (non-hydrogen) atoms. The van der Waals surface area contributed by atoms with Gasteiger partial charge in [0.25, 0.3) is 0 Å². The van der Waals surface area contributed by atoms with Gasteiger partial charge in [0.05, 0.1) is 17.1 Å². The molecular formula is C13H14BrNO. The molecule has 1 aliphatic rings. The summed E-state index contributed by atoms with van der Waals surface area (Å²) < 4.78 is 6.28. The molecule has 84 valence electrons. The Morgan fingerprint density at radius 3 is 2.75 bits per heavy atom. The Hall–Kier alpha value is -1.01. The fourth-order valence-corrected chi connectivity index (χ4v) is 3.12. The highest BCUT2D eigenvalue weighted by Gasteiger charge is 2.18. The van der Waals surface area contributed by atoms with E-state index in [0.717, 1.165) is 17.3 Å². The lowest BCUT2D eigenvalue weighted by molar-refractivity contribution is 0.410. The third-order valence-corrected chi connectivity index (χ3v) is 3.95. The van der Waals surface area contributed by atoms with Crippen molar-refractivity contribution in [3.8, 4) is 11.8 Å². The third kappa shape index (κ3) is 1.94. The fraction of sp³-hybridized carbons (Fsp3) is 0.462. The van der Waals surface area contributed by atoms with E-state index in [-0.39, 0.29) is 0 Å². The lowest BCUT2D eigenvalue weighted by Crippen LogP contribution is -1.99. The predicted octanol–water partition coefficient (Wildman–Crippen LogP) is 3.60. The van der Waals surface area contributed by atoms with Crippen molar-refractivity contribution in [3.63, 3.8) is 0 Å². The Morgan fingerprint density at radius 1 is 1.31 bits per heavy atom. The van der Waals surface area contributed by atoms with Crippen LogP contribution in [0.4, 0.5) is 0 Å². The number of nitrogens with zero attached hydrogens (tertiary/aromatic N) is 1. The number of halogens is 1. The van der Waals surface area contributed by atoms with Crippen molar-refractivity contribution >= 4 is 15.9 Å². The number of hydrogen-bond donors (Lipinski definition) is 0. The van der Waals surface area contributed by atoms with Gasteiger partial charge in [-0.1, -0.05) is 6.42 Å². The van der Waals surface area contributed by atoms with Crippen LogP contribution in [0.1, 0.15) is 36.0 Å². The minimum absolute atomic E-state index is 0.634. The van der Waals surface area contributed by atoms with Crippen LogP contribution in [-0.2, 0) is 12.8 Å². The number of rotatable bonds is 1. The molecule has 0 N–H and O–H groups in total. The van der Waals surface area contributed by atoms with E-state index in [0.29, 0.717) is 11.3 Å². The maximum absolute atomic E-state index is 9.10. The zero-order valence-electron chi connectivity index (χ0n) is 9.35. The summed E-state index contributed by atoms with van der Waals surface area (Å²) in [5.74, 6) is 0.683. The molecule has 0 radical (unpaired) electrons. The molecule has 0 amide bonds. The molecule has 0 aliphatic heterocycles. The first-order valence-electron chi connectivity index (χ1n) is 5.56. The highest BCUT2D eigenvalue weighted by Crippen LogP contribution is 2.37. The van der Waals surface area contributed by atoms with E-state index in [4.69, 9.17) is 10.00 Å². The smallest absolute Gasteiger partial charge is 0.151 e. The van der Waals surface area contributed by atoms with Crippen LogP contribution in [0.25, 0.3) is 0 Å². The van der Waals surface area contributed by atoms with Crippen LogP contribution >= 0.6 is 15.9 Å². The van der Waals surface area contributed by atoms with Crippen LogP contribution in [0.3, 0.4) is 0 Å². The topological polar surface area (TPSA) is 33.0 Å². The number of methoxy groups -OCH3 is 1. The molecule has 1 aromatic carbocycles. The second kappa shape index (κ2) is 4.88. The summed E-state index contributed by atoms with van der Waals surface area (Å²) in [7, 11) is 1.62. The molecule has 0 heterocycles. The van der Waals surface area contributed by atoms with E-state index >= 15 is 0 Å². The average molecular weight is 280 g/mol. The zero-order chi connectivity index (χ0) is 11.5. The van der Waals surface area contributed by atoms with Gasteiger partial charge in [-0.3, -0.25) is 0 Å². The highest BCUT2D eigenvalue weighted by atomic mass is 79.9. The monoisotopic (exact) mass is 279 g/mol. The van der Waals surface area contributed by atoms with E-state index in [1.807, 2.05) is 6.07 Å². The lowest BCUT2D eigenvalue weighted by atomic mass is 9.99. The first kappa shape index (κ1) is 11.5. The second-order valence-corrected chi connectivity index (χ2v) is 4.87. The van der Waals surface area contributed by atoms with Gasteiger partial charge in [0.2, 0.25) is 0 Å². The van der Waals surface area contributed by atoms with Gasteiger partial charge >= 0.3 is 0 Å². The first-order chi connectivity index (χ1) is 7.77. The van der Waals surface area contributed by atoms with E-state index in [1.54, 1.807) is 7.11 Å². The van der Waals surface area contributed by atoms with Crippen molar-refractivity contribution < 1.29 is 4.74 Å². The third-order valence-electron chi connectivity index (χ3n) is 3.11. The first-order valence-corrected chi connectivity index (χ1v) is 6.35. The Kier molecular flexibility index (Phi) is 3.50. The van der Waals surface area contributed by atoms with Crippen LogP contribution in [0.15, 0.2) is 10.5 Å². The number of ether oxygens (including phenoxy) is 1. The van der Waals surface area contributed by atoms with E-state index in [1.165, 1.54) is 30.4 Å². The summed E-state index contributed by atoms with van der Waals surface area (Å²) in [6.07, 6.45) is 5.87. The molecule has 0 aromatic heterocycles. The number of nitriles is 1. The predicted molar refractivity (Wildman–Crippen MR) is 66.7 cm³/mol. The van der Waals surface area contributed by atoms with E-state index in [9.17, 15) is 0 Å². The van der Waals surface area contributed by atoms with Crippen molar-refractivity contribution in [2.24, 2.45) is 0 Å². The fourth-order valence-electron chi connectivity index (χ4n) is 2.29. The SMILES string of the molecule is COc1c(C#N)cc2c(c1Br)CCCCC2. The van der Waals surface area contributed by atoms with Gasteiger partial charge < -0.3 is 4.74 Å². The molecule has 0 unspecified atom stereocenters. The summed E-state index contributed by atoms with van der Waals surface area (Å²) in [5.41, 5.74) is 3.27. The van der Waals surface area contributed by atoms with Gasteiger partial charge in [0.1, 0.15) is 6.07 Å². The number of aryl methyl sites for hydroxylation is 1. The van der Waals surface area contributed by atoms with Crippen molar-refractivity contribution in [3.05, 3.63) is 27.2 Å². The van der Waals surface area contributed by atoms with Gasteiger partial charge in [-0.05, 0) is 58.8 Å².